The summed E-state index contributed by atoms with van der Waals surface area (Å²) < 4.78 is 0. The van der Waals surface area contributed by atoms with E-state index < -0.39 is 0 Å². The second-order valence-electron chi connectivity index (χ2n) is 5.61. The Bertz CT molecular complexity index is 358. The van der Waals surface area contributed by atoms with E-state index in [9.17, 15) is 9.59 Å². The summed E-state index contributed by atoms with van der Waals surface area (Å²) in [5, 5.41) is 8.49. The lowest BCUT2D eigenvalue weighted by atomic mass is 9.67. The maximum Gasteiger partial charge on any atom is 0.229 e. The molecule has 0 radical (unpaired) electrons. The molecule has 0 unspecified atom stereocenters. The number of unbranched alkanes of at least 4 members (excludes halogenated alkanes) is 1. The molecule has 0 aromatic rings. The number of hydrogen-bond donors (Lipinski definition) is 0. The van der Waals surface area contributed by atoms with E-state index in [4.69, 9.17) is 5.26 Å². The molecule has 0 bridgehead atoms. The summed E-state index contributed by atoms with van der Waals surface area (Å²) in [7, 11) is 0. The number of carbonyl (C=O) groups excluding carboxylic acids is 2. The predicted octanol–water partition coefficient (Wildman–Crippen LogP) is 2.39. The first-order chi connectivity index (χ1) is 8.67. The number of amides is 2. The first-order valence-electron chi connectivity index (χ1n) is 6.87. The fourth-order valence-corrected chi connectivity index (χ4v) is 3.26. The molecule has 2 fully saturated rings. The van der Waals surface area contributed by atoms with Crippen molar-refractivity contribution in [1.82, 2.24) is 4.90 Å². The smallest absolute Gasteiger partial charge is 0.229 e. The zero-order valence-electron chi connectivity index (χ0n) is 10.8. The predicted molar refractivity (Wildman–Crippen MR) is 66.3 cm³/mol. The van der Waals surface area contributed by atoms with Crippen molar-refractivity contribution in [2.45, 2.75) is 57.8 Å². The average Bonchev–Trinajstić information content (AvgIpc) is 2.34. The van der Waals surface area contributed by atoms with Crippen LogP contribution < -0.4 is 0 Å². The molecule has 18 heavy (non-hydrogen) atoms. The Morgan fingerprint density at radius 2 is 1.72 bits per heavy atom. The van der Waals surface area contributed by atoms with Crippen LogP contribution in [0.2, 0.25) is 0 Å². The van der Waals surface area contributed by atoms with E-state index >= 15 is 0 Å². The van der Waals surface area contributed by atoms with Crippen molar-refractivity contribution in [2.75, 3.05) is 6.54 Å². The fraction of sp³-hybridized carbons (Fsp3) is 0.786. The molecule has 1 heterocycles. The van der Waals surface area contributed by atoms with Crippen LogP contribution in [0.1, 0.15) is 57.8 Å². The maximum absolute atomic E-state index is 12.1. The van der Waals surface area contributed by atoms with Gasteiger partial charge in [0.25, 0.3) is 0 Å². The van der Waals surface area contributed by atoms with E-state index in [2.05, 4.69) is 0 Å². The lowest BCUT2D eigenvalue weighted by Gasteiger charge is -2.42. The molecule has 0 N–H and O–H groups in total. The Balaban J connectivity index is 1.97. The van der Waals surface area contributed by atoms with E-state index in [0.717, 1.165) is 25.7 Å². The van der Waals surface area contributed by atoms with Crippen LogP contribution in [0, 0.1) is 16.7 Å². The molecule has 2 rings (SSSR count). The van der Waals surface area contributed by atoms with Gasteiger partial charge in [-0.15, -0.1) is 0 Å². The molecular weight excluding hydrogens is 228 g/mol. The second kappa shape index (κ2) is 5.51. The highest BCUT2D eigenvalue weighted by Crippen LogP contribution is 2.45. The maximum atomic E-state index is 12.1. The van der Waals surface area contributed by atoms with Crippen molar-refractivity contribution < 1.29 is 9.59 Å². The minimum Gasteiger partial charge on any atom is -0.283 e. The summed E-state index contributed by atoms with van der Waals surface area (Å²) in [6, 6.07) is 2.04. The third kappa shape index (κ3) is 2.72. The summed E-state index contributed by atoms with van der Waals surface area (Å²) in [4.78, 5) is 25.6. The number of carbonyl (C=O) groups is 2. The van der Waals surface area contributed by atoms with Crippen LogP contribution in [-0.2, 0) is 9.59 Å². The van der Waals surface area contributed by atoms with Gasteiger partial charge >= 0.3 is 0 Å². The second-order valence-corrected chi connectivity index (χ2v) is 5.61. The Hall–Kier alpha value is -1.37. The molecule has 1 spiro atoms. The van der Waals surface area contributed by atoms with Gasteiger partial charge in [-0.05, 0) is 24.7 Å². The van der Waals surface area contributed by atoms with Crippen molar-refractivity contribution >= 4 is 11.8 Å². The van der Waals surface area contributed by atoms with E-state index in [1.54, 1.807) is 0 Å². The average molecular weight is 248 g/mol. The standard InChI is InChI=1S/C14H20N2O2/c15-8-4-5-9-16-12(17)10-14(11-13(16)18)6-2-1-3-7-14/h1-7,9-11H2. The van der Waals surface area contributed by atoms with E-state index in [1.165, 1.54) is 11.3 Å². The van der Waals surface area contributed by atoms with Crippen molar-refractivity contribution in [3.8, 4) is 6.07 Å². The number of likely N-dealkylation sites (tertiary alicyclic amines) is 1. The minimum atomic E-state index is -0.0296. The van der Waals surface area contributed by atoms with Crippen LogP contribution in [0.25, 0.3) is 0 Å². The van der Waals surface area contributed by atoms with Crippen LogP contribution in [-0.4, -0.2) is 23.3 Å². The largest absolute Gasteiger partial charge is 0.283 e. The lowest BCUT2D eigenvalue weighted by Crippen LogP contribution is -2.48. The van der Waals surface area contributed by atoms with Crippen molar-refractivity contribution in [2.24, 2.45) is 5.41 Å². The molecule has 4 heteroatoms. The van der Waals surface area contributed by atoms with Crippen molar-refractivity contribution in [3.63, 3.8) is 0 Å². The Morgan fingerprint density at radius 3 is 2.28 bits per heavy atom. The van der Waals surface area contributed by atoms with Gasteiger partial charge in [-0.2, -0.15) is 5.26 Å². The Morgan fingerprint density at radius 1 is 1.11 bits per heavy atom. The van der Waals surface area contributed by atoms with Gasteiger partial charge in [0.15, 0.2) is 0 Å². The van der Waals surface area contributed by atoms with Gasteiger partial charge in [-0.3, -0.25) is 14.5 Å². The molecule has 2 amide bonds. The van der Waals surface area contributed by atoms with Gasteiger partial charge in [-0.1, -0.05) is 19.3 Å². The minimum absolute atomic E-state index is 0.0221. The number of nitrogens with zero attached hydrogens (tertiary/aromatic N) is 2. The molecule has 4 nitrogen and oxygen atoms in total. The quantitative estimate of drug-likeness (QED) is 0.569. The van der Waals surface area contributed by atoms with Gasteiger partial charge in [0.1, 0.15) is 0 Å². The van der Waals surface area contributed by atoms with E-state index in [-0.39, 0.29) is 17.2 Å². The summed E-state index contributed by atoms with van der Waals surface area (Å²) >= 11 is 0. The third-order valence-corrected chi connectivity index (χ3v) is 4.24. The van der Waals surface area contributed by atoms with E-state index in [0.29, 0.717) is 32.2 Å². The number of piperidine rings is 1. The zero-order valence-corrected chi connectivity index (χ0v) is 10.8. The number of imide groups is 1. The van der Waals surface area contributed by atoms with Crippen LogP contribution in [0.15, 0.2) is 0 Å². The molecule has 1 saturated carbocycles. The van der Waals surface area contributed by atoms with Crippen LogP contribution in [0.4, 0.5) is 0 Å². The highest BCUT2D eigenvalue weighted by Gasteiger charge is 2.43. The normalized spacial score (nSPS) is 23.2. The Kier molecular flexibility index (Phi) is 4.00. The summed E-state index contributed by atoms with van der Waals surface area (Å²) in [6.45, 7) is 0.418. The molecule has 0 aromatic heterocycles. The first-order valence-corrected chi connectivity index (χ1v) is 6.87. The van der Waals surface area contributed by atoms with Gasteiger partial charge in [-0.25, -0.2) is 0 Å². The highest BCUT2D eigenvalue weighted by atomic mass is 16.2. The monoisotopic (exact) mass is 248 g/mol. The molecule has 0 atom stereocenters. The summed E-state index contributed by atoms with van der Waals surface area (Å²) in [6.07, 6.45) is 7.65. The van der Waals surface area contributed by atoms with Gasteiger partial charge in [0, 0.05) is 25.8 Å². The fourth-order valence-electron chi connectivity index (χ4n) is 3.26. The molecule has 0 aromatic carbocycles. The van der Waals surface area contributed by atoms with Gasteiger partial charge < -0.3 is 0 Å². The van der Waals surface area contributed by atoms with Crippen LogP contribution >= 0.6 is 0 Å². The molecular formula is C14H20N2O2. The third-order valence-electron chi connectivity index (χ3n) is 4.24. The molecule has 1 aliphatic heterocycles. The lowest BCUT2D eigenvalue weighted by molar-refractivity contribution is -0.154. The zero-order chi connectivity index (χ0) is 13.0. The number of hydrogen-bond acceptors (Lipinski definition) is 3. The van der Waals surface area contributed by atoms with Crippen LogP contribution in [0.5, 0.6) is 0 Å². The highest BCUT2D eigenvalue weighted by molar-refractivity contribution is 5.98. The molecule has 1 aliphatic carbocycles. The van der Waals surface area contributed by atoms with Crippen LogP contribution in [0.3, 0.4) is 0 Å². The molecule has 2 aliphatic rings. The first kappa shape index (κ1) is 13.1. The van der Waals surface area contributed by atoms with Crippen molar-refractivity contribution in [3.05, 3.63) is 0 Å². The SMILES string of the molecule is N#CCCCN1C(=O)CC2(CCCCC2)CC1=O. The molecule has 1 saturated heterocycles. The molecule has 98 valence electrons. The Labute approximate surface area is 108 Å². The number of nitriles is 1. The topological polar surface area (TPSA) is 61.2 Å². The number of rotatable bonds is 3. The summed E-state index contributed by atoms with van der Waals surface area (Å²) in [5.41, 5.74) is -0.0296. The van der Waals surface area contributed by atoms with Gasteiger partial charge in [0.2, 0.25) is 11.8 Å². The van der Waals surface area contributed by atoms with Crippen molar-refractivity contribution in [1.29, 1.82) is 5.26 Å². The van der Waals surface area contributed by atoms with Gasteiger partial charge in [0.05, 0.1) is 6.07 Å². The van der Waals surface area contributed by atoms with E-state index in [1.807, 2.05) is 6.07 Å². The summed E-state index contributed by atoms with van der Waals surface area (Å²) in [5.74, 6) is -0.0443.